The summed E-state index contributed by atoms with van der Waals surface area (Å²) in [6, 6.07) is 14.4. The van der Waals surface area contributed by atoms with E-state index in [0.717, 1.165) is 26.4 Å². The molecule has 9 heteroatoms. The SMILES string of the molecule is C[C@H](CNCC(O)c1csc2ccccc12)NS(=O)(=O)c1ccc2cnccc2c1.Cl. The molecule has 0 saturated carbocycles. The maximum absolute atomic E-state index is 12.7. The fraction of sp³-hybridized carbons (Fsp3) is 0.227. The Morgan fingerprint density at radius 2 is 1.90 bits per heavy atom. The van der Waals surface area contributed by atoms with Crippen molar-refractivity contribution >= 4 is 54.6 Å². The first kappa shape index (κ1) is 23.6. The van der Waals surface area contributed by atoms with Crippen LogP contribution in [0, 0.1) is 0 Å². The van der Waals surface area contributed by atoms with E-state index in [4.69, 9.17) is 0 Å². The highest BCUT2D eigenvalue weighted by molar-refractivity contribution is 7.89. The number of aromatic nitrogens is 1. The molecule has 2 aromatic heterocycles. The van der Waals surface area contributed by atoms with E-state index >= 15 is 0 Å². The normalized spacial score (nSPS) is 13.7. The van der Waals surface area contributed by atoms with Crippen molar-refractivity contribution in [3.8, 4) is 0 Å². The molecular weight excluding hydrogens is 454 g/mol. The molecule has 6 nitrogen and oxygen atoms in total. The molecule has 2 atom stereocenters. The van der Waals surface area contributed by atoms with Gasteiger partial charge in [-0.05, 0) is 47.3 Å². The van der Waals surface area contributed by atoms with Gasteiger partial charge in [0.15, 0.2) is 0 Å². The molecule has 164 valence electrons. The van der Waals surface area contributed by atoms with Crippen LogP contribution in [0.25, 0.3) is 20.9 Å². The molecule has 2 aromatic carbocycles. The van der Waals surface area contributed by atoms with Gasteiger partial charge in [-0.25, -0.2) is 13.1 Å². The molecule has 0 saturated heterocycles. The van der Waals surface area contributed by atoms with Gasteiger partial charge in [0.05, 0.1) is 11.0 Å². The van der Waals surface area contributed by atoms with Crippen LogP contribution in [-0.2, 0) is 10.0 Å². The summed E-state index contributed by atoms with van der Waals surface area (Å²) in [4.78, 5) is 4.26. The predicted molar refractivity (Wildman–Crippen MR) is 128 cm³/mol. The van der Waals surface area contributed by atoms with Crippen molar-refractivity contribution in [3.63, 3.8) is 0 Å². The largest absolute Gasteiger partial charge is 0.387 e. The van der Waals surface area contributed by atoms with Crippen LogP contribution in [0.1, 0.15) is 18.6 Å². The molecule has 3 N–H and O–H groups in total. The molecule has 2 heterocycles. The highest BCUT2D eigenvalue weighted by Gasteiger charge is 2.18. The molecule has 4 rings (SSSR count). The number of aliphatic hydroxyl groups is 1. The summed E-state index contributed by atoms with van der Waals surface area (Å²) >= 11 is 1.60. The number of pyridine rings is 1. The standard InChI is InChI=1S/C22H23N3O3S2.ClH/c1-15(11-24-13-21(26)20-14-29-22-5-3-2-4-19(20)22)25-30(27,28)18-7-6-17-12-23-9-8-16(17)10-18;/h2-10,12,14-15,21,24-26H,11,13H2,1H3;1H/t15-,21?;/m1./s1. The smallest absolute Gasteiger partial charge is 0.240 e. The molecule has 0 radical (unpaired) electrons. The van der Waals surface area contributed by atoms with E-state index in [2.05, 4.69) is 15.0 Å². The molecule has 0 bridgehead atoms. The molecule has 1 unspecified atom stereocenters. The average Bonchev–Trinajstić information content (AvgIpc) is 3.17. The third-order valence-corrected chi connectivity index (χ3v) is 7.51. The Morgan fingerprint density at radius 1 is 1.10 bits per heavy atom. The Bertz CT molecular complexity index is 1280. The highest BCUT2D eigenvalue weighted by Crippen LogP contribution is 2.29. The second-order valence-corrected chi connectivity index (χ2v) is 9.89. The molecule has 0 aliphatic rings. The number of hydrogen-bond acceptors (Lipinski definition) is 6. The van der Waals surface area contributed by atoms with Gasteiger partial charge in [-0.1, -0.05) is 24.3 Å². The monoisotopic (exact) mass is 477 g/mol. The summed E-state index contributed by atoms with van der Waals surface area (Å²) in [5.74, 6) is 0. The second-order valence-electron chi connectivity index (χ2n) is 7.27. The van der Waals surface area contributed by atoms with Crippen molar-refractivity contribution in [2.45, 2.75) is 24.0 Å². The second kappa shape index (κ2) is 10.0. The summed E-state index contributed by atoms with van der Waals surface area (Å²) in [6.45, 7) is 2.54. The lowest BCUT2D eigenvalue weighted by Crippen LogP contribution is -2.40. The van der Waals surface area contributed by atoms with Crippen molar-refractivity contribution in [1.82, 2.24) is 15.0 Å². The van der Waals surface area contributed by atoms with Crippen LogP contribution in [0.5, 0.6) is 0 Å². The first-order valence-corrected chi connectivity index (χ1v) is 12.0. The number of halogens is 1. The van der Waals surface area contributed by atoms with E-state index in [1.165, 1.54) is 0 Å². The Morgan fingerprint density at radius 3 is 2.74 bits per heavy atom. The predicted octanol–water partition coefficient (Wildman–Crippen LogP) is 3.86. The number of thiophene rings is 1. The lowest BCUT2D eigenvalue weighted by molar-refractivity contribution is 0.176. The van der Waals surface area contributed by atoms with Crippen molar-refractivity contribution in [2.75, 3.05) is 13.1 Å². The Hall–Kier alpha value is -2.07. The minimum absolute atomic E-state index is 0. The highest BCUT2D eigenvalue weighted by atomic mass is 35.5. The lowest BCUT2D eigenvalue weighted by Gasteiger charge is -2.17. The minimum atomic E-state index is -3.64. The summed E-state index contributed by atoms with van der Waals surface area (Å²) in [5, 5.41) is 18.4. The van der Waals surface area contributed by atoms with Crippen molar-refractivity contribution in [3.05, 3.63) is 71.9 Å². The van der Waals surface area contributed by atoms with E-state index in [-0.39, 0.29) is 23.3 Å². The Balaban J connectivity index is 0.00000272. The molecule has 0 aliphatic heterocycles. The third kappa shape index (κ3) is 5.41. The van der Waals surface area contributed by atoms with Crippen LogP contribution in [0.2, 0.25) is 0 Å². The Labute approximate surface area is 191 Å². The van der Waals surface area contributed by atoms with Crippen LogP contribution < -0.4 is 10.0 Å². The van der Waals surface area contributed by atoms with Gasteiger partial charge in [0, 0.05) is 47.2 Å². The zero-order chi connectivity index (χ0) is 21.1. The summed E-state index contributed by atoms with van der Waals surface area (Å²) in [7, 11) is -3.64. The van der Waals surface area contributed by atoms with Crippen LogP contribution in [0.15, 0.2) is 71.2 Å². The number of benzene rings is 2. The van der Waals surface area contributed by atoms with Crippen LogP contribution in [0.3, 0.4) is 0 Å². The maximum Gasteiger partial charge on any atom is 0.240 e. The number of rotatable bonds is 8. The molecule has 0 spiro atoms. The van der Waals surface area contributed by atoms with Gasteiger partial charge in [-0.2, -0.15) is 0 Å². The van der Waals surface area contributed by atoms with Gasteiger partial charge in [-0.15, -0.1) is 23.7 Å². The van der Waals surface area contributed by atoms with Crippen LogP contribution in [0.4, 0.5) is 0 Å². The summed E-state index contributed by atoms with van der Waals surface area (Å²) < 4.78 is 29.3. The topological polar surface area (TPSA) is 91.3 Å². The van der Waals surface area contributed by atoms with E-state index in [9.17, 15) is 13.5 Å². The van der Waals surface area contributed by atoms with Crippen LogP contribution >= 0.6 is 23.7 Å². The lowest BCUT2D eigenvalue weighted by atomic mass is 10.1. The van der Waals surface area contributed by atoms with E-state index < -0.39 is 16.1 Å². The fourth-order valence-corrected chi connectivity index (χ4v) is 5.69. The molecule has 0 aliphatic carbocycles. The van der Waals surface area contributed by atoms with Crippen LogP contribution in [-0.4, -0.2) is 37.6 Å². The zero-order valence-corrected chi connectivity index (χ0v) is 19.3. The number of nitrogens with zero attached hydrogens (tertiary/aromatic N) is 1. The third-order valence-electron chi connectivity index (χ3n) is 4.94. The first-order chi connectivity index (χ1) is 14.4. The van der Waals surface area contributed by atoms with Crippen molar-refractivity contribution in [2.24, 2.45) is 0 Å². The van der Waals surface area contributed by atoms with Gasteiger partial charge in [0.1, 0.15) is 0 Å². The molecular formula is C22H24ClN3O3S2. The van der Waals surface area contributed by atoms with Crippen molar-refractivity contribution in [1.29, 1.82) is 0 Å². The summed E-state index contributed by atoms with van der Waals surface area (Å²) in [6.07, 6.45) is 2.69. The number of sulfonamides is 1. The van der Waals surface area contributed by atoms with E-state index in [1.807, 2.05) is 29.6 Å². The first-order valence-electron chi connectivity index (χ1n) is 9.65. The minimum Gasteiger partial charge on any atom is -0.387 e. The average molecular weight is 478 g/mol. The van der Waals surface area contributed by atoms with Crippen molar-refractivity contribution < 1.29 is 13.5 Å². The van der Waals surface area contributed by atoms with Gasteiger partial charge in [-0.3, -0.25) is 4.98 Å². The van der Waals surface area contributed by atoms with Gasteiger partial charge in [0.2, 0.25) is 10.0 Å². The zero-order valence-electron chi connectivity index (χ0n) is 16.9. The number of hydrogen-bond donors (Lipinski definition) is 3. The van der Waals surface area contributed by atoms with Gasteiger partial charge in [0.25, 0.3) is 0 Å². The van der Waals surface area contributed by atoms with Gasteiger partial charge < -0.3 is 10.4 Å². The number of aliphatic hydroxyl groups excluding tert-OH is 1. The molecule has 31 heavy (non-hydrogen) atoms. The van der Waals surface area contributed by atoms with Gasteiger partial charge >= 0.3 is 0 Å². The Kier molecular flexibility index (Phi) is 7.64. The summed E-state index contributed by atoms with van der Waals surface area (Å²) in [5.41, 5.74) is 0.891. The van der Waals surface area contributed by atoms with E-state index in [0.29, 0.717) is 13.1 Å². The number of nitrogens with one attached hydrogen (secondary N) is 2. The molecule has 4 aromatic rings. The molecule has 0 fully saturated rings. The molecule has 0 amide bonds. The quantitative estimate of drug-likeness (QED) is 0.358. The fourth-order valence-electron chi connectivity index (χ4n) is 3.41. The maximum atomic E-state index is 12.7. The van der Waals surface area contributed by atoms with E-state index in [1.54, 1.807) is 54.9 Å². The number of fused-ring (bicyclic) bond motifs is 2.